The Kier molecular flexibility index (Phi) is 6.58. The number of hydrogen-bond acceptors (Lipinski definition) is 4. The van der Waals surface area contributed by atoms with E-state index >= 15 is 0 Å². The van der Waals surface area contributed by atoms with Crippen LogP contribution in [0.1, 0.15) is 39.5 Å². The first-order valence-electron chi connectivity index (χ1n) is 8.34. The molecule has 0 radical (unpaired) electrons. The Bertz CT molecular complexity index is 578. The summed E-state index contributed by atoms with van der Waals surface area (Å²) in [6.07, 6.45) is 3.42. The lowest BCUT2D eigenvalue weighted by molar-refractivity contribution is -0.157. The maximum Gasteiger partial charge on any atom is 0.344 e. The summed E-state index contributed by atoms with van der Waals surface area (Å²) in [5.74, 6) is -1.18. The Balaban J connectivity index is 1.76. The van der Waals surface area contributed by atoms with Gasteiger partial charge in [-0.15, -0.1) is 0 Å². The zero-order valence-electron chi connectivity index (χ0n) is 14.1. The molecule has 1 amide bonds. The number of carbonyl (C=O) groups is 2. The smallest absolute Gasteiger partial charge is 0.344 e. The molecule has 5 nitrogen and oxygen atoms in total. The molecule has 2 rings (SSSR count). The largest absolute Gasteiger partial charge is 0.479 e. The summed E-state index contributed by atoms with van der Waals surface area (Å²) in [6, 6.07) is 5.91. The van der Waals surface area contributed by atoms with Gasteiger partial charge in [-0.3, -0.25) is 4.79 Å². The second kappa shape index (κ2) is 8.66. The van der Waals surface area contributed by atoms with Gasteiger partial charge in [0.15, 0.2) is 24.3 Å². The van der Waals surface area contributed by atoms with E-state index in [0.29, 0.717) is 5.92 Å². The van der Waals surface area contributed by atoms with Gasteiger partial charge in [-0.25, -0.2) is 9.18 Å². The molecule has 3 atom stereocenters. The summed E-state index contributed by atoms with van der Waals surface area (Å²) in [4.78, 5) is 23.9. The average Bonchev–Trinajstić information content (AvgIpc) is 2.56. The summed E-state index contributed by atoms with van der Waals surface area (Å²) >= 11 is 0. The standard InChI is InChI=1S/C18H24FNO4/c1-12-7-3-5-9-15(12)20-18(22)13(2)24-17(21)11-23-16-10-6-4-8-14(16)19/h4,6,8,10,12-13,15H,3,5,7,9,11H2,1-2H3,(H,20,22)/t12-,13-,15-/m1/s1. The number of esters is 1. The molecule has 0 saturated heterocycles. The molecule has 1 fully saturated rings. The quantitative estimate of drug-likeness (QED) is 0.811. The predicted octanol–water partition coefficient (Wildman–Crippen LogP) is 2.83. The maximum atomic E-state index is 13.4. The molecule has 24 heavy (non-hydrogen) atoms. The number of para-hydroxylation sites is 1. The van der Waals surface area contributed by atoms with Gasteiger partial charge < -0.3 is 14.8 Å². The molecule has 6 heteroatoms. The second-order valence-corrected chi connectivity index (χ2v) is 6.23. The molecular formula is C18H24FNO4. The summed E-state index contributed by atoms with van der Waals surface area (Å²) in [5, 5.41) is 2.94. The molecule has 0 aromatic heterocycles. The van der Waals surface area contributed by atoms with Gasteiger partial charge in [0, 0.05) is 6.04 Å². The normalized spacial score (nSPS) is 21.6. The van der Waals surface area contributed by atoms with Crippen LogP contribution in [0.15, 0.2) is 24.3 Å². The number of rotatable bonds is 6. The van der Waals surface area contributed by atoms with Gasteiger partial charge in [-0.05, 0) is 37.8 Å². The number of benzene rings is 1. The third-order valence-corrected chi connectivity index (χ3v) is 4.30. The summed E-state index contributed by atoms with van der Waals surface area (Å²) in [5.41, 5.74) is 0. The molecule has 1 saturated carbocycles. The van der Waals surface area contributed by atoms with E-state index in [0.717, 1.165) is 19.3 Å². The van der Waals surface area contributed by atoms with E-state index in [1.54, 1.807) is 6.07 Å². The van der Waals surface area contributed by atoms with Crippen LogP contribution in [0.2, 0.25) is 0 Å². The molecule has 0 spiro atoms. The van der Waals surface area contributed by atoms with Crippen LogP contribution >= 0.6 is 0 Å². The summed E-state index contributed by atoms with van der Waals surface area (Å²) in [6.45, 7) is 3.19. The van der Waals surface area contributed by atoms with E-state index in [1.807, 2.05) is 0 Å². The van der Waals surface area contributed by atoms with Crippen molar-refractivity contribution in [2.75, 3.05) is 6.61 Å². The molecule has 1 aliphatic carbocycles. The highest BCUT2D eigenvalue weighted by Crippen LogP contribution is 2.23. The minimum atomic E-state index is -0.907. The molecule has 1 aromatic rings. The number of ether oxygens (including phenoxy) is 2. The van der Waals surface area contributed by atoms with Crippen molar-refractivity contribution in [2.45, 2.75) is 51.7 Å². The van der Waals surface area contributed by atoms with Gasteiger partial charge in [-0.2, -0.15) is 0 Å². The Morgan fingerprint density at radius 2 is 2.00 bits per heavy atom. The molecule has 132 valence electrons. The van der Waals surface area contributed by atoms with Crippen LogP contribution in [0, 0.1) is 11.7 Å². The maximum absolute atomic E-state index is 13.4. The lowest BCUT2D eigenvalue weighted by Gasteiger charge is -2.30. The fraction of sp³-hybridized carbons (Fsp3) is 0.556. The molecule has 1 aliphatic rings. The van der Waals surface area contributed by atoms with E-state index in [9.17, 15) is 14.0 Å². The Morgan fingerprint density at radius 1 is 1.29 bits per heavy atom. The molecule has 0 aliphatic heterocycles. The summed E-state index contributed by atoms with van der Waals surface area (Å²) < 4.78 is 23.5. The van der Waals surface area contributed by atoms with Gasteiger partial charge in [-0.1, -0.05) is 31.9 Å². The van der Waals surface area contributed by atoms with Gasteiger partial charge in [0.05, 0.1) is 0 Å². The molecule has 1 aromatic carbocycles. The van der Waals surface area contributed by atoms with Crippen molar-refractivity contribution >= 4 is 11.9 Å². The van der Waals surface area contributed by atoms with Crippen molar-refractivity contribution in [3.8, 4) is 5.75 Å². The average molecular weight is 337 g/mol. The highest BCUT2D eigenvalue weighted by atomic mass is 19.1. The van der Waals surface area contributed by atoms with Crippen LogP contribution in [-0.2, 0) is 14.3 Å². The molecule has 0 unspecified atom stereocenters. The Hall–Kier alpha value is -2.11. The molecular weight excluding hydrogens is 313 g/mol. The lowest BCUT2D eigenvalue weighted by atomic mass is 9.86. The van der Waals surface area contributed by atoms with Crippen molar-refractivity contribution in [2.24, 2.45) is 5.92 Å². The van der Waals surface area contributed by atoms with Crippen molar-refractivity contribution < 1.29 is 23.5 Å². The van der Waals surface area contributed by atoms with Crippen LogP contribution < -0.4 is 10.1 Å². The SMILES string of the molecule is C[C@@H]1CCCC[C@H]1NC(=O)[C@@H](C)OC(=O)COc1ccccc1F. The predicted molar refractivity (Wildman–Crippen MR) is 87.0 cm³/mol. The van der Waals surface area contributed by atoms with E-state index in [4.69, 9.17) is 9.47 Å². The molecule has 0 bridgehead atoms. The van der Waals surface area contributed by atoms with Crippen LogP contribution in [-0.4, -0.2) is 30.6 Å². The van der Waals surface area contributed by atoms with Crippen LogP contribution in [0.3, 0.4) is 0 Å². The van der Waals surface area contributed by atoms with Crippen molar-refractivity contribution in [1.29, 1.82) is 0 Å². The van der Waals surface area contributed by atoms with Crippen molar-refractivity contribution in [1.82, 2.24) is 5.32 Å². The van der Waals surface area contributed by atoms with Crippen LogP contribution in [0.25, 0.3) is 0 Å². The first-order valence-corrected chi connectivity index (χ1v) is 8.34. The Morgan fingerprint density at radius 3 is 2.71 bits per heavy atom. The highest BCUT2D eigenvalue weighted by Gasteiger charge is 2.26. The zero-order chi connectivity index (χ0) is 17.5. The monoisotopic (exact) mass is 337 g/mol. The Labute approximate surface area is 141 Å². The topological polar surface area (TPSA) is 64.6 Å². The zero-order valence-corrected chi connectivity index (χ0v) is 14.1. The number of nitrogens with one attached hydrogen (secondary N) is 1. The fourth-order valence-electron chi connectivity index (χ4n) is 2.81. The third-order valence-electron chi connectivity index (χ3n) is 4.30. The van der Waals surface area contributed by atoms with Crippen molar-refractivity contribution in [3.05, 3.63) is 30.1 Å². The minimum Gasteiger partial charge on any atom is -0.479 e. The van der Waals surface area contributed by atoms with Crippen LogP contribution in [0.4, 0.5) is 4.39 Å². The van der Waals surface area contributed by atoms with E-state index < -0.39 is 24.5 Å². The van der Waals surface area contributed by atoms with Crippen LogP contribution in [0.5, 0.6) is 5.75 Å². The number of halogens is 1. The van der Waals surface area contributed by atoms with E-state index in [1.165, 1.54) is 31.5 Å². The van der Waals surface area contributed by atoms with Crippen molar-refractivity contribution in [3.63, 3.8) is 0 Å². The van der Waals surface area contributed by atoms with Gasteiger partial charge in [0.2, 0.25) is 0 Å². The highest BCUT2D eigenvalue weighted by molar-refractivity contribution is 5.83. The van der Waals surface area contributed by atoms with Gasteiger partial charge in [0.25, 0.3) is 5.91 Å². The molecule has 0 heterocycles. The molecule has 1 N–H and O–H groups in total. The first kappa shape index (κ1) is 18.2. The number of hydrogen-bond donors (Lipinski definition) is 1. The van der Waals surface area contributed by atoms with Gasteiger partial charge in [0.1, 0.15) is 0 Å². The summed E-state index contributed by atoms with van der Waals surface area (Å²) in [7, 11) is 0. The fourth-order valence-corrected chi connectivity index (χ4v) is 2.81. The number of amides is 1. The second-order valence-electron chi connectivity index (χ2n) is 6.23. The lowest BCUT2D eigenvalue weighted by Crippen LogP contribution is -2.46. The third kappa shape index (κ3) is 5.22. The minimum absolute atomic E-state index is 0.0254. The van der Waals surface area contributed by atoms with Gasteiger partial charge >= 0.3 is 5.97 Å². The number of carbonyl (C=O) groups excluding carboxylic acids is 2. The van der Waals surface area contributed by atoms with E-state index in [-0.39, 0.29) is 17.7 Å². The first-order chi connectivity index (χ1) is 11.5. The van der Waals surface area contributed by atoms with E-state index in [2.05, 4.69) is 12.2 Å².